The summed E-state index contributed by atoms with van der Waals surface area (Å²) in [5.41, 5.74) is 4.54. The number of rotatable bonds is 0. The van der Waals surface area contributed by atoms with Crippen LogP contribution < -0.4 is 0 Å². The molecule has 0 N–H and O–H groups in total. The van der Waals surface area contributed by atoms with E-state index in [1.54, 1.807) is 12.1 Å². The van der Waals surface area contributed by atoms with Crippen molar-refractivity contribution in [1.82, 2.24) is 0 Å². The Labute approximate surface area is 135 Å². The first-order valence-corrected chi connectivity index (χ1v) is 7.24. The summed E-state index contributed by atoms with van der Waals surface area (Å²) in [6.07, 6.45) is 0. The Hall–Kier alpha value is -3.29. The first-order valence-electron chi connectivity index (χ1n) is 7.24. The molecule has 0 aromatic heterocycles. The lowest BCUT2D eigenvalue weighted by molar-refractivity contribution is 0.627. The van der Waals surface area contributed by atoms with Gasteiger partial charge in [0.25, 0.3) is 0 Å². The Morgan fingerprint density at radius 2 is 1.00 bits per heavy atom. The summed E-state index contributed by atoms with van der Waals surface area (Å²) >= 11 is 0. The van der Waals surface area contributed by atoms with E-state index in [4.69, 9.17) is 0 Å². The van der Waals surface area contributed by atoms with Crippen LogP contribution in [0.1, 0.15) is 11.1 Å². The molecule has 0 nitrogen and oxygen atoms in total. The van der Waals surface area contributed by atoms with E-state index in [9.17, 15) is 4.39 Å². The molecule has 1 heteroatoms. The summed E-state index contributed by atoms with van der Waals surface area (Å²) in [7, 11) is 0. The van der Waals surface area contributed by atoms with E-state index in [0.717, 1.165) is 11.1 Å². The van der Waals surface area contributed by atoms with Crippen molar-refractivity contribution in [2.75, 3.05) is 0 Å². The van der Waals surface area contributed by atoms with Gasteiger partial charge in [-0.1, -0.05) is 54.3 Å². The van der Waals surface area contributed by atoms with Crippen LogP contribution in [-0.2, 0) is 0 Å². The highest BCUT2D eigenvalue weighted by Crippen LogP contribution is 2.29. The molecule has 0 heterocycles. The van der Waals surface area contributed by atoms with Gasteiger partial charge in [0, 0.05) is 11.1 Å². The van der Waals surface area contributed by atoms with Crippen molar-refractivity contribution in [2.45, 2.75) is 0 Å². The molecule has 2 aromatic carbocycles. The largest absolute Gasteiger partial charge is 0.207 e. The fourth-order valence-electron chi connectivity index (χ4n) is 1.92. The van der Waals surface area contributed by atoms with E-state index >= 15 is 0 Å². The van der Waals surface area contributed by atoms with Crippen molar-refractivity contribution in [3.8, 4) is 34.8 Å². The van der Waals surface area contributed by atoms with Gasteiger partial charge in [0.15, 0.2) is 0 Å². The fraction of sp³-hybridized carbons (Fsp3) is 0. The molecule has 0 atom stereocenters. The zero-order valence-electron chi connectivity index (χ0n) is 12.4. The lowest BCUT2D eigenvalue weighted by Crippen LogP contribution is -1.85. The van der Waals surface area contributed by atoms with Gasteiger partial charge in [-0.15, -0.1) is 0 Å². The van der Waals surface area contributed by atoms with Gasteiger partial charge in [-0.05, 0) is 59.4 Å². The van der Waals surface area contributed by atoms with Crippen LogP contribution in [0.15, 0.2) is 78.9 Å². The Morgan fingerprint density at radius 1 is 0.522 bits per heavy atom. The summed E-state index contributed by atoms with van der Waals surface area (Å²) in [4.78, 5) is 0. The topological polar surface area (TPSA) is 0 Å². The SMILES string of the molecule is Fc1ccc(C#CC#Cc2ccccc2)cc1.c1cc2ccc1-2. The number of fused-ring (bicyclic) bond motifs is 1. The van der Waals surface area contributed by atoms with E-state index in [1.165, 1.54) is 23.3 Å². The molecular weight excluding hydrogens is 283 g/mol. The van der Waals surface area contributed by atoms with Crippen LogP contribution in [0.5, 0.6) is 0 Å². The maximum absolute atomic E-state index is 12.6. The Kier molecular flexibility index (Phi) is 4.53. The second-order valence-electron chi connectivity index (χ2n) is 4.95. The van der Waals surface area contributed by atoms with Gasteiger partial charge in [-0.3, -0.25) is 0 Å². The minimum Gasteiger partial charge on any atom is -0.207 e. The van der Waals surface area contributed by atoms with Gasteiger partial charge < -0.3 is 0 Å². The molecular formula is C22H13F. The molecule has 0 aliphatic heterocycles. The van der Waals surface area contributed by atoms with Gasteiger partial charge in [0.05, 0.1) is 0 Å². The molecule has 2 aliphatic carbocycles. The van der Waals surface area contributed by atoms with Gasteiger partial charge in [0.1, 0.15) is 5.82 Å². The zero-order valence-corrected chi connectivity index (χ0v) is 12.4. The summed E-state index contributed by atoms with van der Waals surface area (Å²) in [5.74, 6) is 11.0. The van der Waals surface area contributed by atoms with Gasteiger partial charge in [-0.2, -0.15) is 0 Å². The molecule has 0 saturated heterocycles. The molecule has 0 saturated carbocycles. The Balaban J connectivity index is 0.000000213. The van der Waals surface area contributed by atoms with Gasteiger partial charge in [-0.25, -0.2) is 4.39 Å². The first-order chi connectivity index (χ1) is 11.3. The monoisotopic (exact) mass is 296 g/mol. The smallest absolute Gasteiger partial charge is 0.123 e. The van der Waals surface area contributed by atoms with Crippen molar-refractivity contribution in [3.05, 3.63) is 95.8 Å². The van der Waals surface area contributed by atoms with Crippen LogP contribution in [0.3, 0.4) is 0 Å². The van der Waals surface area contributed by atoms with Gasteiger partial charge >= 0.3 is 0 Å². The van der Waals surface area contributed by atoms with Gasteiger partial charge in [0.2, 0.25) is 0 Å². The van der Waals surface area contributed by atoms with Crippen molar-refractivity contribution in [3.63, 3.8) is 0 Å². The van der Waals surface area contributed by atoms with E-state index in [1.807, 2.05) is 30.3 Å². The predicted molar refractivity (Wildman–Crippen MR) is 92.0 cm³/mol. The maximum atomic E-state index is 12.6. The van der Waals surface area contributed by atoms with E-state index in [2.05, 4.69) is 47.9 Å². The van der Waals surface area contributed by atoms with Crippen LogP contribution in [0.2, 0.25) is 0 Å². The Morgan fingerprint density at radius 3 is 1.43 bits per heavy atom. The molecule has 0 bridgehead atoms. The van der Waals surface area contributed by atoms with Crippen LogP contribution in [0.4, 0.5) is 4.39 Å². The van der Waals surface area contributed by atoms with Crippen molar-refractivity contribution < 1.29 is 4.39 Å². The van der Waals surface area contributed by atoms with Crippen molar-refractivity contribution >= 4 is 0 Å². The summed E-state index contributed by atoms with van der Waals surface area (Å²) in [6, 6.07) is 24.2. The average Bonchev–Trinajstić information content (AvgIpc) is 2.58. The predicted octanol–water partition coefficient (Wildman–Crippen LogP) is 4.90. The minimum absolute atomic E-state index is 0.258. The lowest BCUT2D eigenvalue weighted by Gasteiger charge is -2.10. The molecule has 0 unspecified atom stereocenters. The van der Waals surface area contributed by atoms with E-state index in [-0.39, 0.29) is 5.82 Å². The highest BCUT2D eigenvalue weighted by Gasteiger charge is 2.03. The molecule has 0 spiro atoms. The zero-order chi connectivity index (χ0) is 15.9. The standard InChI is InChI=1S/C16H9F.C6H4/c17-16-12-10-15(11-13-16)9-5-4-8-14-6-2-1-3-7-14;1-2-6-4-3-5(1)6/h1-3,6-7,10-13H;1-4H. The van der Waals surface area contributed by atoms with E-state index < -0.39 is 0 Å². The molecule has 0 amide bonds. The van der Waals surface area contributed by atoms with Crippen molar-refractivity contribution in [2.24, 2.45) is 0 Å². The molecule has 23 heavy (non-hydrogen) atoms. The molecule has 0 fully saturated rings. The second kappa shape index (κ2) is 7.12. The summed E-state index contributed by atoms with van der Waals surface area (Å²) < 4.78 is 12.6. The molecule has 0 radical (unpaired) electrons. The molecule has 108 valence electrons. The third-order valence-corrected chi connectivity index (χ3v) is 3.31. The quantitative estimate of drug-likeness (QED) is 0.405. The van der Waals surface area contributed by atoms with E-state index in [0.29, 0.717) is 0 Å². The highest BCUT2D eigenvalue weighted by molar-refractivity contribution is 5.75. The number of hydrogen-bond donors (Lipinski definition) is 0. The number of halogens is 1. The summed E-state index contributed by atoms with van der Waals surface area (Å²) in [6.45, 7) is 0. The highest BCUT2D eigenvalue weighted by atomic mass is 19.1. The molecule has 2 aliphatic rings. The lowest BCUT2D eigenvalue weighted by atomic mass is 9.95. The normalized spacial score (nSPS) is 9.26. The van der Waals surface area contributed by atoms with Crippen LogP contribution >= 0.6 is 0 Å². The summed E-state index contributed by atoms with van der Waals surface area (Å²) in [5, 5.41) is 0. The fourth-order valence-corrected chi connectivity index (χ4v) is 1.92. The minimum atomic E-state index is -0.258. The first kappa shape index (κ1) is 14.6. The number of hydrogen-bond acceptors (Lipinski definition) is 0. The van der Waals surface area contributed by atoms with Crippen LogP contribution in [0, 0.1) is 29.5 Å². The average molecular weight is 296 g/mol. The third-order valence-electron chi connectivity index (χ3n) is 3.31. The number of benzene rings is 3. The maximum Gasteiger partial charge on any atom is 0.123 e. The Bertz CT molecular complexity index is 876. The van der Waals surface area contributed by atoms with Crippen LogP contribution in [-0.4, -0.2) is 0 Å². The van der Waals surface area contributed by atoms with Crippen molar-refractivity contribution in [1.29, 1.82) is 0 Å². The molecule has 4 rings (SSSR count). The van der Waals surface area contributed by atoms with Crippen LogP contribution in [0.25, 0.3) is 11.1 Å². The molecule has 2 aromatic rings. The second-order valence-corrected chi connectivity index (χ2v) is 4.95. The third kappa shape index (κ3) is 4.10.